The van der Waals surface area contributed by atoms with E-state index in [4.69, 9.17) is 4.74 Å². The molecule has 1 rings (SSSR count). The van der Waals surface area contributed by atoms with Gasteiger partial charge in [0.25, 0.3) is 0 Å². The molecule has 1 N–H and O–H groups in total. The van der Waals surface area contributed by atoms with Crippen LogP contribution in [0.2, 0.25) is 0 Å². The quantitative estimate of drug-likeness (QED) is 0.604. The van der Waals surface area contributed by atoms with Crippen LogP contribution in [0.15, 0.2) is 0 Å². The van der Waals surface area contributed by atoms with E-state index >= 15 is 0 Å². The Morgan fingerprint density at radius 2 is 2.25 bits per heavy atom. The smallest absolute Gasteiger partial charge is 0.418 e. The van der Waals surface area contributed by atoms with Gasteiger partial charge in [0, 0.05) is 13.1 Å². The first-order chi connectivity index (χ1) is 5.49. The lowest BCUT2D eigenvalue weighted by molar-refractivity contribution is 0.0416. The number of hydrogen-bond donors (Lipinski definition) is 1. The van der Waals surface area contributed by atoms with Gasteiger partial charge in [-0.25, -0.2) is 16.9 Å². The van der Waals surface area contributed by atoms with E-state index in [2.05, 4.69) is 4.72 Å². The Morgan fingerprint density at radius 3 is 2.67 bits per heavy atom. The lowest BCUT2D eigenvalue weighted by Crippen LogP contribution is -2.31. The predicted molar refractivity (Wildman–Crippen MR) is 54.1 cm³/mol. The Bertz CT molecular complexity index is 173. The number of hydrogen-bond acceptors (Lipinski definition) is 3. The molecule has 1 aliphatic rings. The van der Waals surface area contributed by atoms with Crippen molar-refractivity contribution < 1.29 is 9.53 Å². The van der Waals surface area contributed by atoms with Gasteiger partial charge in [0.05, 0.1) is 0 Å². The molecular formula is C7H18N2O2S. The van der Waals surface area contributed by atoms with E-state index in [-0.39, 0.29) is 11.7 Å². The topological polar surface area (TPSA) is 41.6 Å². The largest absolute Gasteiger partial charge is 0.443 e. The maximum atomic E-state index is 11.4. The van der Waals surface area contributed by atoms with E-state index in [0.29, 0.717) is 0 Å². The Kier molecular flexibility index (Phi) is 2.85. The minimum Gasteiger partial charge on any atom is -0.443 e. The summed E-state index contributed by atoms with van der Waals surface area (Å²) in [6.07, 6.45) is -0.167. The number of amides is 1. The number of carbonyl (C=O) groups excluding carboxylic acids is 1. The van der Waals surface area contributed by atoms with Crippen molar-refractivity contribution >= 4 is 18.2 Å². The molecule has 1 amide bonds. The zero-order valence-corrected chi connectivity index (χ0v) is 9.30. The van der Waals surface area contributed by atoms with Gasteiger partial charge in [-0.3, -0.25) is 9.03 Å². The molecule has 0 saturated carbocycles. The number of nitrogens with zero attached hydrogens (tertiary/aromatic N) is 1. The van der Waals surface area contributed by atoms with Gasteiger partial charge in [-0.05, 0) is 20.8 Å². The van der Waals surface area contributed by atoms with Crippen LogP contribution in [0.1, 0.15) is 20.8 Å². The lowest BCUT2D eigenvalue weighted by atomic mass is 10.2. The maximum Gasteiger partial charge on any atom is 0.418 e. The van der Waals surface area contributed by atoms with Crippen molar-refractivity contribution in [2.45, 2.75) is 26.4 Å². The molecule has 0 aromatic heterocycles. The molecule has 1 heterocycles. The third kappa shape index (κ3) is 2.91. The van der Waals surface area contributed by atoms with Crippen LogP contribution in [0.5, 0.6) is 0 Å². The van der Waals surface area contributed by atoms with Crippen molar-refractivity contribution in [2.24, 2.45) is 0 Å². The molecule has 0 bridgehead atoms. The molecule has 5 heteroatoms. The highest BCUT2D eigenvalue weighted by molar-refractivity contribution is 7.95. The van der Waals surface area contributed by atoms with Gasteiger partial charge >= 0.3 is 6.09 Å². The Labute approximate surface area is 76.9 Å². The molecule has 1 aliphatic heterocycles. The SMILES string of the molecule is CC(C)(C)OC(=O)N1CCN[SH4]1. The fraction of sp³-hybridized carbons (Fsp3) is 0.857. The lowest BCUT2D eigenvalue weighted by Gasteiger charge is -2.24. The summed E-state index contributed by atoms with van der Waals surface area (Å²) in [5, 5.41) is 0. The Balaban J connectivity index is 2.37. The fourth-order valence-electron chi connectivity index (χ4n) is 0.989. The normalized spacial score (nSPS) is 18.8. The second-order valence-electron chi connectivity index (χ2n) is 3.90. The molecule has 0 aromatic rings. The van der Waals surface area contributed by atoms with Gasteiger partial charge in [-0.2, -0.15) is 0 Å². The third-order valence-electron chi connectivity index (χ3n) is 1.51. The van der Waals surface area contributed by atoms with E-state index in [1.807, 2.05) is 20.8 Å². The maximum absolute atomic E-state index is 11.4. The second-order valence-corrected chi connectivity index (χ2v) is 5.48. The monoisotopic (exact) mass is 194 g/mol. The van der Waals surface area contributed by atoms with Crippen molar-refractivity contribution in [1.82, 2.24) is 9.03 Å². The summed E-state index contributed by atoms with van der Waals surface area (Å²) in [5.74, 6) is 0. The standard InChI is InChI=1S/C7H18N2O2S/c1-7(2,3)11-6(10)9-5-4-8-12-9/h8H,4-5H2,1-3H3,12H4. The molecule has 0 radical (unpaired) electrons. The van der Waals surface area contributed by atoms with E-state index in [0.717, 1.165) is 13.1 Å². The average molecular weight is 194 g/mol. The van der Waals surface area contributed by atoms with Crippen molar-refractivity contribution in [2.75, 3.05) is 13.1 Å². The first kappa shape index (κ1) is 9.67. The van der Waals surface area contributed by atoms with Gasteiger partial charge in [-0.1, -0.05) is 0 Å². The molecule has 0 spiro atoms. The molecule has 1 fully saturated rings. The third-order valence-corrected chi connectivity index (χ3v) is 3.05. The molecule has 0 aromatic carbocycles. The first-order valence-electron chi connectivity index (χ1n) is 4.18. The van der Waals surface area contributed by atoms with E-state index in [1.165, 1.54) is 0 Å². The van der Waals surface area contributed by atoms with Gasteiger partial charge < -0.3 is 4.74 Å². The zero-order chi connectivity index (χ0) is 9.19. The van der Waals surface area contributed by atoms with Crippen LogP contribution in [0.4, 0.5) is 4.79 Å². The number of nitrogens with one attached hydrogen (secondary N) is 1. The number of carbonyl (C=O) groups is 1. The minimum absolute atomic E-state index is 0.167. The highest BCUT2D eigenvalue weighted by Gasteiger charge is 2.22. The molecular weight excluding hydrogens is 176 g/mol. The summed E-state index contributed by atoms with van der Waals surface area (Å²) in [6, 6.07) is 0. The molecule has 0 unspecified atom stereocenters. The van der Waals surface area contributed by atoms with Crippen molar-refractivity contribution in [3.63, 3.8) is 0 Å². The Morgan fingerprint density at radius 1 is 1.58 bits per heavy atom. The second kappa shape index (κ2) is 3.53. The Hall–Kier alpha value is -0.420. The summed E-state index contributed by atoms with van der Waals surface area (Å²) in [7, 11) is 0. The van der Waals surface area contributed by atoms with Crippen LogP contribution in [0.3, 0.4) is 0 Å². The van der Waals surface area contributed by atoms with Crippen molar-refractivity contribution in [1.29, 1.82) is 0 Å². The van der Waals surface area contributed by atoms with E-state index < -0.39 is 12.1 Å². The van der Waals surface area contributed by atoms with Crippen LogP contribution in [-0.4, -0.2) is 29.1 Å². The molecule has 1 saturated heterocycles. The van der Waals surface area contributed by atoms with Gasteiger partial charge in [0.1, 0.15) is 5.60 Å². The highest BCUT2D eigenvalue weighted by Crippen LogP contribution is 2.16. The molecule has 0 atom stereocenters. The van der Waals surface area contributed by atoms with Crippen LogP contribution >= 0.6 is 12.1 Å². The van der Waals surface area contributed by atoms with Crippen molar-refractivity contribution in [3.05, 3.63) is 0 Å². The molecule has 4 nitrogen and oxygen atoms in total. The van der Waals surface area contributed by atoms with Crippen LogP contribution < -0.4 is 4.72 Å². The van der Waals surface area contributed by atoms with Crippen LogP contribution in [-0.2, 0) is 4.74 Å². The zero-order valence-electron chi connectivity index (χ0n) is 7.89. The number of rotatable bonds is 0. The number of ether oxygens (including phenoxy) is 1. The summed E-state index contributed by atoms with van der Waals surface area (Å²) < 4.78 is 10.2. The fourth-order valence-corrected chi connectivity index (χ4v) is 2.09. The van der Waals surface area contributed by atoms with Gasteiger partial charge in [0.2, 0.25) is 0 Å². The average Bonchev–Trinajstić information content (AvgIpc) is 2.32. The summed E-state index contributed by atoms with van der Waals surface area (Å²) >= 11 is -0.550. The molecule has 12 heavy (non-hydrogen) atoms. The van der Waals surface area contributed by atoms with Crippen LogP contribution in [0, 0.1) is 0 Å². The first-order valence-corrected chi connectivity index (χ1v) is 5.52. The van der Waals surface area contributed by atoms with E-state index in [9.17, 15) is 4.79 Å². The summed E-state index contributed by atoms with van der Waals surface area (Å²) in [6.45, 7) is 7.38. The van der Waals surface area contributed by atoms with E-state index in [1.54, 1.807) is 4.31 Å². The predicted octanol–water partition coefficient (Wildman–Crippen LogP) is 0.319. The highest BCUT2D eigenvalue weighted by atomic mass is 32.2. The molecule has 0 aliphatic carbocycles. The molecule has 74 valence electrons. The minimum atomic E-state index is -0.550. The summed E-state index contributed by atoms with van der Waals surface area (Å²) in [4.78, 5) is 11.4. The van der Waals surface area contributed by atoms with Crippen LogP contribution in [0.25, 0.3) is 0 Å². The van der Waals surface area contributed by atoms with Gasteiger partial charge in [0.15, 0.2) is 0 Å². The summed E-state index contributed by atoms with van der Waals surface area (Å²) in [5.41, 5.74) is -0.367. The van der Waals surface area contributed by atoms with Gasteiger partial charge in [-0.15, -0.1) is 0 Å². The van der Waals surface area contributed by atoms with Crippen molar-refractivity contribution in [3.8, 4) is 0 Å².